The van der Waals surface area contributed by atoms with E-state index in [4.69, 9.17) is 13.9 Å². The summed E-state index contributed by atoms with van der Waals surface area (Å²) in [6, 6.07) is 9.79. The number of aromatic nitrogens is 1. The molecule has 2 fully saturated rings. The number of amides is 1. The molecule has 0 saturated carbocycles. The molecule has 138 valence electrons. The molecule has 6 nitrogen and oxygen atoms in total. The summed E-state index contributed by atoms with van der Waals surface area (Å²) in [5, 5.41) is 0. The number of nitrogens with zero attached hydrogens (tertiary/aromatic N) is 2. The van der Waals surface area contributed by atoms with Crippen molar-refractivity contribution in [3.05, 3.63) is 48.2 Å². The third kappa shape index (κ3) is 3.33. The highest BCUT2D eigenvalue weighted by Crippen LogP contribution is 2.40. The number of carbonyl (C=O) groups is 1. The van der Waals surface area contributed by atoms with Crippen LogP contribution in [-0.2, 0) is 4.74 Å². The van der Waals surface area contributed by atoms with Gasteiger partial charge in [0.25, 0.3) is 5.91 Å². The van der Waals surface area contributed by atoms with Crippen LogP contribution in [0.1, 0.15) is 36.0 Å². The number of likely N-dealkylation sites (tertiary alicyclic amines) is 1. The highest BCUT2D eigenvalue weighted by Gasteiger charge is 2.47. The monoisotopic (exact) mass is 356 g/mol. The number of oxazole rings is 1. The lowest BCUT2D eigenvalue weighted by Crippen LogP contribution is -2.44. The van der Waals surface area contributed by atoms with Gasteiger partial charge in [-0.25, -0.2) is 4.98 Å². The number of rotatable bonds is 4. The minimum Gasteiger partial charge on any atom is -0.491 e. The fraction of sp³-hybridized carbons (Fsp3) is 0.500. The Morgan fingerprint density at radius 3 is 2.92 bits per heavy atom. The number of piperidine rings is 1. The van der Waals surface area contributed by atoms with Crippen molar-refractivity contribution in [1.82, 2.24) is 9.88 Å². The SMILES string of the molecule is Cc1ocnc1C(=O)N1CC[C@@H]2O[C@@](C)(COc3ccccc3)C[C@@H]2C1. The molecule has 0 radical (unpaired) electrons. The minimum atomic E-state index is -0.325. The molecule has 0 spiro atoms. The van der Waals surface area contributed by atoms with Crippen LogP contribution in [-0.4, -0.2) is 47.2 Å². The fourth-order valence-electron chi connectivity index (χ4n) is 4.02. The van der Waals surface area contributed by atoms with Gasteiger partial charge in [0.2, 0.25) is 0 Å². The summed E-state index contributed by atoms with van der Waals surface area (Å²) in [5.41, 5.74) is 0.0890. The number of aryl methyl sites for hydroxylation is 1. The van der Waals surface area contributed by atoms with Gasteiger partial charge in [0.05, 0.1) is 6.10 Å². The molecule has 26 heavy (non-hydrogen) atoms. The molecule has 3 atom stereocenters. The van der Waals surface area contributed by atoms with E-state index in [2.05, 4.69) is 11.9 Å². The van der Waals surface area contributed by atoms with Crippen LogP contribution in [0.3, 0.4) is 0 Å². The zero-order chi connectivity index (χ0) is 18.1. The molecule has 2 aliphatic heterocycles. The van der Waals surface area contributed by atoms with Crippen LogP contribution in [0, 0.1) is 12.8 Å². The molecule has 0 unspecified atom stereocenters. The average molecular weight is 356 g/mol. The first-order valence-electron chi connectivity index (χ1n) is 9.09. The molecule has 1 amide bonds. The van der Waals surface area contributed by atoms with Crippen LogP contribution in [0.15, 0.2) is 41.1 Å². The maximum Gasteiger partial charge on any atom is 0.276 e. The normalized spacial score (nSPS) is 28.0. The Kier molecular flexibility index (Phi) is 4.44. The highest BCUT2D eigenvalue weighted by atomic mass is 16.6. The van der Waals surface area contributed by atoms with Crippen LogP contribution in [0.25, 0.3) is 0 Å². The summed E-state index contributed by atoms with van der Waals surface area (Å²) < 4.78 is 17.4. The highest BCUT2D eigenvalue weighted by molar-refractivity contribution is 5.93. The largest absolute Gasteiger partial charge is 0.491 e. The van der Waals surface area contributed by atoms with E-state index in [0.717, 1.165) is 18.6 Å². The smallest absolute Gasteiger partial charge is 0.276 e. The van der Waals surface area contributed by atoms with E-state index >= 15 is 0 Å². The molecule has 0 bridgehead atoms. The lowest BCUT2D eigenvalue weighted by atomic mass is 9.89. The van der Waals surface area contributed by atoms with Gasteiger partial charge in [0.15, 0.2) is 12.1 Å². The molecule has 2 aliphatic rings. The van der Waals surface area contributed by atoms with Crippen molar-refractivity contribution >= 4 is 5.91 Å². The Morgan fingerprint density at radius 1 is 1.38 bits per heavy atom. The van der Waals surface area contributed by atoms with Gasteiger partial charge >= 0.3 is 0 Å². The summed E-state index contributed by atoms with van der Waals surface area (Å²) in [6.45, 7) is 5.75. The van der Waals surface area contributed by atoms with E-state index in [1.54, 1.807) is 6.92 Å². The molecule has 6 heteroatoms. The van der Waals surface area contributed by atoms with Gasteiger partial charge in [-0.1, -0.05) is 18.2 Å². The predicted octanol–water partition coefficient (Wildman–Crippen LogP) is 3.07. The molecular weight excluding hydrogens is 332 g/mol. The summed E-state index contributed by atoms with van der Waals surface area (Å²) in [6.07, 6.45) is 3.23. The average Bonchev–Trinajstić information content (AvgIpc) is 3.22. The van der Waals surface area contributed by atoms with E-state index in [0.29, 0.717) is 37.1 Å². The molecule has 2 saturated heterocycles. The molecule has 0 N–H and O–H groups in total. The van der Waals surface area contributed by atoms with Crippen LogP contribution in [0.4, 0.5) is 0 Å². The minimum absolute atomic E-state index is 0.0520. The fourth-order valence-corrected chi connectivity index (χ4v) is 4.02. The molecule has 1 aromatic heterocycles. The Labute approximate surface area is 153 Å². The van der Waals surface area contributed by atoms with Gasteiger partial charge in [0.1, 0.15) is 23.7 Å². The van der Waals surface area contributed by atoms with Crippen LogP contribution < -0.4 is 4.74 Å². The zero-order valence-electron chi connectivity index (χ0n) is 15.2. The number of hydrogen-bond donors (Lipinski definition) is 0. The van der Waals surface area contributed by atoms with E-state index in [-0.39, 0.29) is 17.6 Å². The standard InChI is InChI=1S/C20H24N2O4/c1-14-18(21-13-25-14)19(23)22-9-8-17-15(11-22)10-20(2,26-17)12-24-16-6-4-3-5-7-16/h3-7,13,15,17H,8-12H2,1-2H3/t15-,17+,20-/m1/s1. The first kappa shape index (κ1) is 17.1. The van der Waals surface area contributed by atoms with Crippen molar-refractivity contribution < 1.29 is 18.7 Å². The molecule has 3 heterocycles. The molecule has 2 aromatic rings. The quantitative estimate of drug-likeness (QED) is 0.842. The first-order valence-corrected chi connectivity index (χ1v) is 9.09. The molecule has 0 aliphatic carbocycles. The second-order valence-electron chi connectivity index (χ2n) is 7.47. The zero-order valence-corrected chi connectivity index (χ0v) is 15.2. The van der Waals surface area contributed by atoms with E-state index in [1.807, 2.05) is 35.2 Å². The summed E-state index contributed by atoms with van der Waals surface area (Å²) in [5.74, 6) is 1.69. The Balaban J connectivity index is 1.38. The number of para-hydroxylation sites is 1. The maximum absolute atomic E-state index is 12.7. The number of ether oxygens (including phenoxy) is 2. The summed E-state index contributed by atoms with van der Waals surface area (Å²) in [4.78, 5) is 18.6. The van der Waals surface area contributed by atoms with Crippen molar-refractivity contribution in [2.75, 3.05) is 19.7 Å². The van der Waals surface area contributed by atoms with Gasteiger partial charge in [-0.3, -0.25) is 4.79 Å². The second kappa shape index (κ2) is 6.76. The second-order valence-corrected chi connectivity index (χ2v) is 7.47. The van der Waals surface area contributed by atoms with Crippen molar-refractivity contribution in [1.29, 1.82) is 0 Å². The van der Waals surface area contributed by atoms with E-state index < -0.39 is 0 Å². The van der Waals surface area contributed by atoms with Gasteiger partial charge in [-0.2, -0.15) is 0 Å². The number of benzene rings is 1. The van der Waals surface area contributed by atoms with Crippen molar-refractivity contribution in [2.45, 2.75) is 38.4 Å². The van der Waals surface area contributed by atoms with Crippen LogP contribution >= 0.6 is 0 Å². The molecule has 4 rings (SSSR count). The number of carbonyl (C=O) groups excluding carboxylic acids is 1. The molecule has 1 aromatic carbocycles. The topological polar surface area (TPSA) is 64.8 Å². The number of fused-ring (bicyclic) bond motifs is 1. The molecular formula is C20H24N2O4. The Morgan fingerprint density at radius 2 is 2.19 bits per heavy atom. The van der Waals surface area contributed by atoms with Gasteiger partial charge < -0.3 is 18.8 Å². The number of hydrogen-bond acceptors (Lipinski definition) is 5. The third-order valence-corrected chi connectivity index (χ3v) is 5.32. The lowest BCUT2D eigenvalue weighted by molar-refractivity contribution is -0.0675. The van der Waals surface area contributed by atoms with E-state index in [9.17, 15) is 4.79 Å². The van der Waals surface area contributed by atoms with Gasteiger partial charge in [0, 0.05) is 19.0 Å². The van der Waals surface area contributed by atoms with E-state index in [1.165, 1.54) is 6.39 Å². The summed E-state index contributed by atoms with van der Waals surface area (Å²) in [7, 11) is 0. The van der Waals surface area contributed by atoms with Crippen LogP contribution in [0.2, 0.25) is 0 Å². The van der Waals surface area contributed by atoms with Crippen molar-refractivity contribution in [3.63, 3.8) is 0 Å². The Bertz CT molecular complexity index is 775. The van der Waals surface area contributed by atoms with Gasteiger partial charge in [-0.15, -0.1) is 0 Å². The maximum atomic E-state index is 12.7. The van der Waals surface area contributed by atoms with Crippen molar-refractivity contribution in [2.24, 2.45) is 5.92 Å². The van der Waals surface area contributed by atoms with Gasteiger partial charge in [-0.05, 0) is 38.8 Å². The Hall–Kier alpha value is -2.34. The predicted molar refractivity (Wildman–Crippen MR) is 95.1 cm³/mol. The lowest BCUT2D eigenvalue weighted by Gasteiger charge is -2.33. The summed E-state index contributed by atoms with van der Waals surface area (Å²) >= 11 is 0. The third-order valence-electron chi connectivity index (χ3n) is 5.32. The van der Waals surface area contributed by atoms with Crippen LogP contribution in [0.5, 0.6) is 5.75 Å². The first-order chi connectivity index (χ1) is 12.5. The van der Waals surface area contributed by atoms with Crippen molar-refractivity contribution in [3.8, 4) is 5.75 Å².